The normalized spacial score (nSPS) is 21.3. The molecule has 2 fully saturated rings. The van der Waals surface area contributed by atoms with Crippen molar-refractivity contribution in [3.05, 3.63) is 139 Å². The summed E-state index contributed by atoms with van der Waals surface area (Å²) in [6.07, 6.45) is 8.10. The highest BCUT2D eigenvalue weighted by Crippen LogP contribution is 2.54. The third-order valence-corrected chi connectivity index (χ3v) is 11.2. The van der Waals surface area contributed by atoms with E-state index in [0.29, 0.717) is 28.5 Å². The molecule has 0 N–H and O–H groups in total. The van der Waals surface area contributed by atoms with Crippen molar-refractivity contribution < 1.29 is 0 Å². The molecule has 2 bridgehead atoms. The number of nitriles is 1. The van der Waals surface area contributed by atoms with Gasteiger partial charge in [-0.25, -0.2) is 15.0 Å². The third kappa shape index (κ3) is 6.25. The van der Waals surface area contributed by atoms with Gasteiger partial charge in [0.2, 0.25) is 0 Å². The molecule has 0 spiro atoms. The molecule has 2 aliphatic carbocycles. The molecule has 2 aliphatic rings. The van der Waals surface area contributed by atoms with Crippen molar-refractivity contribution in [2.24, 2.45) is 17.8 Å². The van der Waals surface area contributed by atoms with Crippen molar-refractivity contribution in [1.82, 2.24) is 15.0 Å². The second kappa shape index (κ2) is 13.5. The van der Waals surface area contributed by atoms with Crippen LogP contribution >= 0.6 is 0 Å². The predicted octanol–water partition coefficient (Wildman–Crippen LogP) is 11.6. The van der Waals surface area contributed by atoms with Crippen molar-refractivity contribution >= 4 is 0 Å². The maximum absolute atomic E-state index is 9.37. The molecule has 6 aromatic rings. The summed E-state index contributed by atoms with van der Waals surface area (Å²) < 4.78 is 0. The topological polar surface area (TPSA) is 62.5 Å². The highest BCUT2D eigenvalue weighted by molar-refractivity contribution is 5.86. The first-order valence-electron chi connectivity index (χ1n) is 18.1. The van der Waals surface area contributed by atoms with E-state index in [4.69, 9.17) is 15.0 Å². The van der Waals surface area contributed by atoms with E-state index in [9.17, 15) is 5.26 Å². The van der Waals surface area contributed by atoms with Crippen LogP contribution in [0.15, 0.2) is 127 Å². The number of benzene rings is 5. The number of hydrogen-bond acceptors (Lipinski definition) is 4. The monoisotopic (exact) mass is 650 g/mol. The van der Waals surface area contributed by atoms with E-state index in [2.05, 4.69) is 92.7 Å². The van der Waals surface area contributed by atoms with Gasteiger partial charge in [-0.1, -0.05) is 111 Å². The van der Waals surface area contributed by atoms with Crippen LogP contribution in [0.3, 0.4) is 0 Å². The fourth-order valence-electron chi connectivity index (χ4n) is 8.98. The third-order valence-electron chi connectivity index (χ3n) is 11.2. The van der Waals surface area contributed by atoms with E-state index >= 15 is 0 Å². The molecule has 4 nitrogen and oxygen atoms in total. The Balaban J connectivity index is 1.21. The van der Waals surface area contributed by atoms with Crippen LogP contribution in [0.25, 0.3) is 56.4 Å². The zero-order valence-corrected chi connectivity index (χ0v) is 28.9. The highest BCUT2D eigenvalue weighted by atomic mass is 15.0. The average molecular weight is 651 g/mol. The van der Waals surface area contributed by atoms with Gasteiger partial charge in [0.1, 0.15) is 0 Å². The van der Waals surface area contributed by atoms with Crippen LogP contribution in [-0.2, 0) is 5.41 Å². The van der Waals surface area contributed by atoms with E-state index in [1.54, 1.807) is 12.1 Å². The Kier molecular flexibility index (Phi) is 8.59. The van der Waals surface area contributed by atoms with Gasteiger partial charge in [0.15, 0.2) is 17.5 Å². The smallest absolute Gasteiger partial charge is 0.164 e. The fourth-order valence-corrected chi connectivity index (χ4v) is 8.98. The van der Waals surface area contributed by atoms with Crippen LogP contribution < -0.4 is 0 Å². The van der Waals surface area contributed by atoms with Crippen molar-refractivity contribution in [1.29, 1.82) is 5.26 Å². The van der Waals surface area contributed by atoms with Crippen molar-refractivity contribution in [2.45, 2.75) is 57.8 Å². The van der Waals surface area contributed by atoms with Gasteiger partial charge in [0, 0.05) is 16.7 Å². The summed E-state index contributed by atoms with van der Waals surface area (Å²) in [5, 5.41) is 9.37. The lowest BCUT2D eigenvalue weighted by molar-refractivity contribution is 0.0702. The van der Waals surface area contributed by atoms with E-state index in [1.165, 1.54) is 55.2 Å². The van der Waals surface area contributed by atoms with Gasteiger partial charge in [-0.3, -0.25) is 0 Å². The summed E-state index contributed by atoms with van der Waals surface area (Å²) >= 11 is 0. The molecule has 1 aromatic heterocycles. The molecule has 4 atom stereocenters. The van der Waals surface area contributed by atoms with E-state index in [0.717, 1.165) is 45.6 Å². The van der Waals surface area contributed by atoms with Crippen LogP contribution in [0.2, 0.25) is 0 Å². The molecule has 0 saturated heterocycles. The van der Waals surface area contributed by atoms with Crippen LogP contribution in [0.5, 0.6) is 0 Å². The minimum atomic E-state index is 0.320. The maximum Gasteiger partial charge on any atom is 0.164 e. The molecule has 1 heterocycles. The summed E-state index contributed by atoms with van der Waals surface area (Å²) in [5.41, 5.74) is 9.73. The average Bonchev–Trinajstić information content (AvgIpc) is 3.17. The van der Waals surface area contributed by atoms with Crippen LogP contribution in [0, 0.1) is 29.1 Å². The van der Waals surface area contributed by atoms with E-state index in [1.807, 2.05) is 42.5 Å². The Morgan fingerprint density at radius 3 is 1.86 bits per heavy atom. The van der Waals surface area contributed by atoms with Gasteiger partial charge in [-0.2, -0.15) is 5.26 Å². The number of nitrogens with zero attached hydrogens (tertiary/aromatic N) is 4. The Morgan fingerprint density at radius 2 is 1.20 bits per heavy atom. The van der Waals surface area contributed by atoms with Crippen LogP contribution in [0.4, 0.5) is 0 Å². The summed E-state index contributed by atoms with van der Waals surface area (Å²) in [5.74, 6) is 4.30. The molecule has 2 saturated carbocycles. The highest BCUT2D eigenvalue weighted by Gasteiger charge is 2.45. The Bertz CT molecular complexity index is 2150. The molecular weight excluding hydrogens is 609 g/mol. The first-order chi connectivity index (χ1) is 24.5. The first kappa shape index (κ1) is 31.8. The van der Waals surface area contributed by atoms with Gasteiger partial charge >= 0.3 is 0 Å². The van der Waals surface area contributed by atoms with Gasteiger partial charge in [-0.15, -0.1) is 0 Å². The molecule has 0 amide bonds. The summed E-state index contributed by atoms with van der Waals surface area (Å²) in [7, 11) is 0. The Hall–Kier alpha value is -5.40. The van der Waals surface area contributed by atoms with Gasteiger partial charge in [0.05, 0.1) is 11.6 Å². The van der Waals surface area contributed by atoms with Crippen LogP contribution in [0.1, 0.15) is 63.5 Å². The maximum atomic E-state index is 9.37. The Morgan fingerprint density at radius 1 is 0.600 bits per heavy atom. The SMILES string of the molecule is CC[C@@H]1C[C@@H]2C[C@H](C)CC(c3ccc(-c4ccc(-c5nc(-c6ccccc6)nc(-c6ccc(C#N)cc6)n5)c(-c5ccccc5)c4)cc3)(C1)C2. The zero-order valence-electron chi connectivity index (χ0n) is 28.9. The number of hydrogen-bond donors (Lipinski definition) is 0. The summed E-state index contributed by atoms with van der Waals surface area (Å²) in [6, 6.07) is 46.4. The number of fused-ring (bicyclic) bond motifs is 2. The van der Waals surface area contributed by atoms with Crippen molar-refractivity contribution in [3.8, 4) is 62.5 Å². The molecule has 0 aliphatic heterocycles. The molecular formula is C46H42N4. The minimum absolute atomic E-state index is 0.320. The quantitative estimate of drug-likeness (QED) is 0.172. The predicted molar refractivity (Wildman–Crippen MR) is 203 cm³/mol. The second-order valence-electron chi connectivity index (χ2n) is 14.7. The molecule has 0 radical (unpaired) electrons. The summed E-state index contributed by atoms with van der Waals surface area (Å²) in [4.78, 5) is 15.0. The fraction of sp³-hybridized carbons (Fsp3) is 0.261. The van der Waals surface area contributed by atoms with Gasteiger partial charge < -0.3 is 0 Å². The zero-order chi connectivity index (χ0) is 34.1. The first-order valence-corrected chi connectivity index (χ1v) is 18.1. The lowest BCUT2D eigenvalue weighted by Gasteiger charge is -2.51. The molecule has 8 rings (SSSR count). The molecule has 4 heteroatoms. The molecule has 246 valence electrons. The van der Waals surface area contributed by atoms with Crippen molar-refractivity contribution in [3.63, 3.8) is 0 Å². The molecule has 5 aromatic carbocycles. The van der Waals surface area contributed by atoms with E-state index < -0.39 is 0 Å². The second-order valence-corrected chi connectivity index (χ2v) is 14.7. The number of rotatable bonds is 7. The van der Waals surface area contributed by atoms with E-state index in [-0.39, 0.29) is 0 Å². The van der Waals surface area contributed by atoms with Crippen molar-refractivity contribution in [2.75, 3.05) is 0 Å². The lowest BCUT2D eigenvalue weighted by Crippen LogP contribution is -2.42. The summed E-state index contributed by atoms with van der Waals surface area (Å²) in [6.45, 7) is 4.85. The Labute approximate surface area is 296 Å². The standard InChI is InChI=1S/C46H42N4/c1-3-32-25-34-24-31(2)27-46(28-32,29-34)40-21-18-35(19-22-40)39-20-23-41(42(26-39)36-10-6-4-7-11-36)45-49-43(37-12-8-5-9-13-37)48-44(50-45)38-16-14-33(30-47)15-17-38/h4-23,26,31-32,34H,3,24-25,27-29H2,1-2H3/t31-,32+,34-,46?/m0/s1. The largest absolute Gasteiger partial charge is 0.208 e. The number of aromatic nitrogens is 3. The van der Waals surface area contributed by atoms with Gasteiger partial charge in [0.25, 0.3) is 0 Å². The molecule has 50 heavy (non-hydrogen) atoms. The minimum Gasteiger partial charge on any atom is -0.208 e. The molecule has 1 unspecified atom stereocenters. The van der Waals surface area contributed by atoms with Gasteiger partial charge in [-0.05, 0) is 119 Å². The van der Waals surface area contributed by atoms with Crippen LogP contribution in [-0.4, -0.2) is 15.0 Å². The lowest BCUT2D eigenvalue weighted by atomic mass is 9.54.